The van der Waals surface area contributed by atoms with Crippen LogP contribution >= 0.6 is 15.9 Å². The van der Waals surface area contributed by atoms with Gasteiger partial charge in [0.05, 0.1) is 0 Å². The van der Waals surface area contributed by atoms with E-state index in [0.717, 1.165) is 28.8 Å². The van der Waals surface area contributed by atoms with Crippen molar-refractivity contribution in [2.45, 2.75) is 19.1 Å². The minimum absolute atomic E-state index is 0.157. The van der Waals surface area contributed by atoms with Crippen molar-refractivity contribution in [2.24, 2.45) is 0 Å². The van der Waals surface area contributed by atoms with E-state index >= 15 is 0 Å². The molecule has 0 saturated heterocycles. The van der Waals surface area contributed by atoms with Crippen LogP contribution in [0.1, 0.15) is 11.1 Å². The number of halogens is 2. The number of benzene rings is 2. The third-order valence-electron chi connectivity index (χ3n) is 3.34. The zero-order chi connectivity index (χ0) is 13.9. The molecule has 0 aliphatic carbocycles. The van der Waals surface area contributed by atoms with E-state index in [9.17, 15) is 4.39 Å². The Morgan fingerprint density at radius 2 is 2.10 bits per heavy atom. The van der Waals surface area contributed by atoms with Gasteiger partial charge >= 0.3 is 0 Å². The minimum atomic E-state index is -0.222. The van der Waals surface area contributed by atoms with Crippen LogP contribution in [-0.4, -0.2) is 12.6 Å². The lowest BCUT2D eigenvalue weighted by molar-refractivity contribution is 0.227. The predicted octanol–water partition coefficient (Wildman–Crippen LogP) is 3.68. The van der Waals surface area contributed by atoms with Gasteiger partial charge in [0.2, 0.25) is 0 Å². The summed E-state index contributed by atoms with van der Waals surface area (Å²) < 4.78 is 19.9. The van der Waals surface area contributed by atoms with Gasteiger partial charge in [-0.1, -0.05) is 34.1 Å². The molecule has 0 radical (unpaired) electrons. The van der Waals surface area contributed by atoms with Gasteiger partial charge in [0, 0.05) is 24.0 Å². The molecule has 1 unspecified atom stereocenters. The highest BCUT2D eigenvalue weighted by molar-refractivity contribution is 9.10. The quantitative estimate of drug-likeness (QED) is 0.920. The van der Waals surface area contributed by atoms with Crippen LogP contribution in [0.3, 0.4) is 0 Å². The number of ether oxygens (including phenoxy) is 1. The molecule has 1 atom stereocenters. The first-order valence-electron chi connectivity index (χ1n) is 6.61. The molecule has 3 rings (SSSR count). The Bertz CT molecular complexity index is 572. The molecule has 20 heavy (non-hydrogen) atoms. The lowest BCUT2D eigenvalue weighted by atomic mass is 10.1. The van der Waals surface area contributed by atoms with Crippen LogP contribution in [0.2, 0.25) is 0 Å². The minimum Gasteiger partial charge on any atom is -0.488 e. The summed E-state index contributed by atoms with van der Waals surface area (Å²) in [6.45, 7) is 1.38. The van der Waals surface area contributed by atoms with Gasteiger partial charge in [0.15, 0.2) is 0 Å². The van der Waals surface area contributed by atoms with Gasteiger partial charge in [0.1, 0.15) is 17.7 Å². The van der Waals surface area contributed by atoms with Crippen molar-refractivity contribution in [3.63, 3.8) is 0 Å². The molecule has 2 aromatic carbocycles. The fraction of sp³-hybridized carbons (Fsp3) is 0.250. The highest BCUT2D eigenvalue weighted by atomic mass is 79.9. The Hall–Kier alpha value is -1.39. The molecule has 2 nitrogen and oxygen atoms in total. The Morgan fingerprint density at radius 3 is 2.90 bits per heavy atom. The van der Waals surface area contributed by atoms with Gasteiger partial charge in [-0.2, -0.15) is 0 Å². The molecule has 0 saturated carbocycles. The van der Waals surface area contributed by atoms with Crippen LogP contribution in [0.4, 0.5) is 4.39 Å². The second-order valence-electron chi connectivity index (χ2n) is 4.96. The molecule has 0 bridgehead atoms. The molecule has 1 N–H and O–H groups in total. The van der Waals surface area contributed by atoms with Crippen LogP contribution in [0.25, 0.3) is 0 Å². The van der Waals surface area contributed by atoms with Gasteiger partial charge in [-0.05, 0) is 35.4 Å². The van der Waals surface area contributed by atoms with E-state index in [1.54, 1.807) is 6.07 Å². The van der Waals surface area contributed by atoms with Gasteiger partial charge < -0.3 is 10.1 Å². The lowest BCUT2D eigenvalue weighted by Gasteiger charge is -2.12. The van der Waals surface area contributed by atoms with Crippen LogP contribution in [0.15, 0.2) is 46.9 Å². The second kappa shape index (κ2) is 5.94. The number of para-hydroxylation sites is 1. The molecule has 1 aliphatic rings. The van der Waals surface area contributed by atoms with Crippen molar-refractivity contribution in [3.05, 3.63) is 63.9 Å². The number of hydrogen-bond donors (Lipinski definition) is 1. The first kappa shape index (κ1) is 13.6. The maximum atomic E-state index is 13.3. The number of fused-ring (bicyclic) bond motifs is 1. The fourth-order valence-corrected chi connectivity index (χ4v) is 2.97. The summed E-state index contributed by atoms with van der Waals surface area (Å²) >= 11 is 3.30. The molecule has 0 amide bonds. The lowest BCUT2D eigenvalue weighted by Crippen LogP contribution is -2.29. The summed E-state index contributed by atoms with van der Waals surface area (Å²) in [6, 6.07) is 13.0. The summed E-state index contributed by atoms with van der Waals surface area (Å²) in [7, 11) is 0. The van der Waals surface area contributed by atoms with Crippen molar-refractivity contribution in [1.82, 2.24) is 5.32 Å². The van der Waals surface area contributed by atoms with E-state index in [0.29, 0.717) is 6.54 Å². The zero-order valence-corrected chi connectivity index (χ0v) is 12.5. The van der Waals surface area contributed by atoms with E-state index in [2.05, 4.69) is 27.3 Å². The van der Waals surface area contributed by atoms with E-state index < -0.39 is 0 Å². The Balaban J connectivity index is 1.52. The Kier molecular flexibility index (Phi) is 4.03. The highest BCUT2D eigenvalue weighted by Gasteiger charge is 2.21. The van der Waals surface area contributed by atoms with Crippen LogP contribution in [-0.2, 0) is 13.0 Å². The van der Waals surface area contributed by atoms with Gasteiger partial charge in [-0.25, -0.2) is 4.39 Å². The van der Waals surface area contributed by atoms with Crippen LogP contribution < -0.4 is 10.1 Å². The molecular weight excluding hydrogens is 321 g/mol. The Morgan fingerprint density at radius 1 is 1.25 bits per heavy atom. The fourth-order valence-electron chi connectivity index (χ4n) is 2.46. The normalized spacial score (nSPS) is 16.8. The third-order valence-corrected chi connectivity index (χ3v) is 3.80. The molecule has 2 aromatic rings. The monoisotopic (exact) mass is 335 g/mol. The average Bonchev–Trinajstić information content (AvgIpc) is 2.80. The molecule has 0 aromatic heterocycles. The molecule has 1 aliphatic heterocycles. The van der Waals surface area contributed by atoms with Crippen molar-refractivity contribution < 1.29 is 9.13 Å². The first-order chi connectivity index (χ1) is 9.70. The van der Waals surface area contributed by atoms with Crippen LogP contribution in [0, 0.1) is 5.82 Å². The summed E-state index contributed by atoms with van der Waals surface area (Å²) in [5, 5.41) is 3.32. The van der Waals surface area contributed by atoms with Crippen molar-refractivity contribution in [3.8, 4) is 5.75 Å². The van der Waals surface area contributed by atoms with Gasteiger partial charge in [0.25, 0.3) is 0 Å². The van der Waals surface area contributed by atoms with E-state index in [4.69, 9.17) is 4.74 Å². The number of nitrogens with one attached hydrogen (secondary N) is 1. The predicted molar refractivity (Wildman–Crippen MR) is 80.4 cm³/mol. The Labute approximate surface area is 126 Å². The first-order valence-corrected chi connectivity index (χ1v) is 7.40. The smallest absolute Gasteiger partial charge is 0.124 e. The van der Waals surface area contributed by atoms with E-state index in [1.807, 2.05) is 24.3 Å². The summed E-state index contributed by atoms with van der Waals surface area (Å²) in [4.78, 5) is 0. The maximum absolute atomic E-state index is 13.3. The molecule has 0 spiro atoms. The molecular formula is C16H15BrFNO. The average molecular weight is 336 g/mol. The number of rotatable bonds is 4. The highest BCUT2D eigenvalue weighted by Crippen LogP contribution is 2.27. The maximum Gasteiger partial charge on any atom is 0.124 e. The zero-order valence-electron chi connectivity index (χ0n) is 10.9. The summed E-state index contributed by atoms with van der Waals surface area (Å²) in [6.07, 6.45) is 1.08. The standard InChI is InChI=1S/C16H15BrFNO/c17-13-5-11(6-14(18)8-13)9-19-10-15-7-12-3-1-2-4-16(12)20-15/h1-6,8,15,19H,7,9-10H2. The topological polar surface area (TPSA) is 21.3 Å². The molecule has 1 heterocycles. The van der Waals surface area contributed by atoms with E-state index in [-0.39, 0.29) is 11.9 Å². The van der Waals surface area contributed by atoms with Crippen LogP contribution in [0.5, 0.6) is 5.75 Å². The molecule has 104 valence electrons. The van der Waals surface area contributed by atoms with Crippen molar-refractivity contribution >= 4 is 15.9 Å². The van der Waals surface area contributed by atoms with Crippen molar-refractivity contribution in [2.75, 3.05) is 6.54 Å². The largest absolute Gasteiger partial charge is 0.488 e. The SMILES string of the molecule is Fc1cc(Br)cc(CNCC2Cc3ccccc3O2)c1. The van der Waals surface area contributed by atoms with Gasteiger partial charge in [-0.3, -0.25) is 0 Å². The van der Waals surface area contributed by atoms with Crippen molar-refractivity contribution in [1.29, 1.82) is 0 Å². The van der Waals surface area contributed by atoms with Gasteiger partial charge in [-0.15, -0.1) is 0 Å². The third kappa shape index (κ3) is 3.19. The molecule has 0 fully saturated rings. The number of hydrogen-bond acceptors (Lipinski definition) is 2. The van der Waals surface area contributed by atoms with E-state index in [1.165, 1.54) is 11.6 Å². The summed E-state index contributed by atoms with van der Waals surface area (Å²) in [5.74, 6) is 0.758. The summed E-state index contributed by atoms with van der Waals surface area (Å²) in [5.41, 5.74) is 2.18. The molecule has 4 heteroatoms. The second-order valence-corrected chi connectivity index (χ2v) is 5.88.